The largest absolute Gasteiger partial charge is 0.384 e. The Hall–Kier alpha value is -1.72. The molecule has 0 radical (unpaired) electrons. The Morgan fingerprint density at radius 3 is 2.89 bits per heavy atom. The van der Waals surface area contributed by atoms with E-state index in [9.17, 15) is 0 Å². The molecule has 0 saturated heterocycles. The summed E-state index contributed by atoms with van der Waals surface area (Å²) in [6.45, 7) is 1.52. The van der Waals surface area contributed by atoms with Crippen LogP contribution in [-0.4, -0.2) is 37.4 Å². The number of aromatic nitrogens is 2. The van der Waals surface area contributed by atoms with E-state index >= 15 is 0 Å². The number of nitrogens with one attached hydrogen (secondary N) is 1. The van der Waals surface area contributed by atoms with E-state index in [0.717, 1.165) is 18.5 Å². The topological polar surface area (TPSA) is 60.2 Å². The highest BCUT2D eigenvalue weighted by Crippen LogP contribution is 2.22. The summed E-state index contributed by atoms with van der Waals surface area (Å²) in [5, 5.41) is 7.11. The van der Waals surface area contributed by atoms with E-state index in [0.29, 0.717) is 24.7 Å². The van der Waals surface area contributed by atoms with Crippen LogP contribution < -0.4 is 5.32 Å². The van der Waals surface area contributed by atoms with Gasteiger partial charge in [-0.15, -0.1) is 0 Å². The zero-order chi connectivity index (χ0) is 13.5. The van der Waals surface area contributed by atoms with Crippen LogP contribution in [0.15, 0.2) is 28.8 Å². The van der Waals surface area contributed by atoms with E-state index in [4.69, 9.17) is 9.26 Å². The van der Waals surface area contributed by atoms with Gasteiger partial charge in [0.15, 0.2) is 5.82 Å². The van der Waals surface area contributed by atoms with Gasteiger partial charge >= 0.3 is 0 Å². The van der Waals surface area contributed by atoms with Gasteiger partial charge in [0.2, 0.25) is 0 Å². The lowest BCUT2D eigenvalue weighted by Crippen LogP contribution is -2.10. The van der Waals surface area contributed by atoms with E-state index < -0.39 is 0 Å². The number of hydrogen-bond donors (Lipinski definition) is 1. The summed E-state index contributed by atoms with van der Waals surface area (Å²) < 4.78 is 10.3. The van der Waals surface area contributed by atoms with Crippen LogP contribution in [0.4, 0.5) is 0 Å². The fourth-order valence-electron chi connectivity index (χ4n) is 1.86. The zero-order valence-electron chi connectivity index (χ0n) is 11.3. The van der Waals surface area contributed by atoms with E-state index in [-0.39, 0.29) is 0 Å². The minimum atomic E-state index is 0.581. The molecule has 0 aliphatic carbocycles. The predicted octanol–water partition coefficient (Wildman–Crippen LogP) is 1.69. The average Bonchev–Trinajstić information content (AvgIpc) is 2.92. The maximum Gasteiger partial charge on any atom is 0.258 e. The second-order valence-electron chi connectivity index (χ2n) is 4.27. The Morgan fingerprint density at radius 1 is 1.26 bits per heavy atom. The normalized spacial score (nSPS) is 10.8. The lowest BCUT2D eigenvalue weighted by Gasteiger charge is -2.05. The SMILES string of the molecule is CNCCc1ccccc1-c1nc(CCOC)no1. The highest BCUT2D eigenvalue weighted by molar-refractivity contribution is 5.58. The van der Waals surface area contributed by atoms with Crippen LogP contribution in [0.25, 0.3) is 11.5 Å². The van der Waals surface area contributed by atoms with Crippen LogP contribution in [0.1, 0.15) is 11.4 Å². The predicted molar refractivity (Wildman–Crippen MR) is 72.9 cm³/mol. The first-order valence-corrected chi connectivity index (χ1v) is 6.39. The fourth-order valence-corrected chi connectivity index (χ4v) is 1.86. The summed E-state index contributed by atoms with van der Waals surface area (Å²) in [5.41, 5.74) is 2.22. The summed E-state index contributed by atoms with van der Waals surface area (Å²) in [4.78, 5) is 4.41. The second kappa shape index (κ2) is 7.01. The quantitative estimate of drug-likeness (QED) is 0.821. The molecule has 1 N–H and O–H groups in total. The summed E-state index contributed by atoms with van der Waals surface area (Å²) >= 11 is 0. The van der Waals surface area contributed by atoms with Crippen molar-refractivity contribution in [1.82, 2.24) is 15.5 Å². The molecule has 1 heterocycles. The Kier molecular flexibility index (Phi) is 5.06. The first kappa shape index (κ1) is 13.7. The van der Waals surface area contributed by atoms with E-state index in [2.05, 4.69) is 21.5 Å². The van der Waals surface area contributed by atoms with Gasteiger partial charge in [0.1, 0.15) is 0 Å². The van der Waals surface area contributed by atoms with E-state index in [1.54, 1.807) is 7.11 Å². The van der Waals surface area contributed by atoms with Crippen molar-refractivity contribution in [3.63, 3.8) is 0 Å². The zero-order valence-corrected chi connectivity index (χ0v) is 11.3. The summed E-state index contributed by atoms with van der Waals surface area (Å²) in [6.07, 6.45) is 1.60. The Bertz CT molecular complexity index is 511. The third-order valence-electron chi connectivity index (χ3n) is 2.89. The lowest BCUT2D eigenvalue weighted by atomic mass is 10.0. The number of ether oxygens (including phenoxy) is 1. The molecule has 1 aromatic carbocycles. The van der Waals surface area contributed by atoms with Crippen molar-refractivity contribution in [3.05, 3.63) is 35.7 Å². The molecule has 0 amide bonds. The minimum Gasteiger partial charge on any atom is -0.384 e. The molecule has 0 aliphatic heterocycles. The highest BCUT2D eigenvalue weighted by atomic mass is 16.5. The molecular formula is C14H19N3O2. The van der Waals surface area contributed by atoms with E-state index in [1.165, 1.54) is 5.56 Å². The van der Waals surface area contributed by atoms with Crippen LogP contribution in [-0.2, 0) is 17.6 Å². The van der Waals surface area contributed by atoms with Gasteiger partial charge in [-0.1, -0.05) is 23.4 Å². The Labute approximate surface area is 113 Å². The van der Waals surface area contributed by atoms with Gasteiger partial charge in [-0.25, -0.2) is 0 Å². The van der Waals surface area contributed by atoms with Crippen LogP contribution in [0, 0.1) is 0 Å². The first-order chi connectivity index (χ1) is 9.35. The lowest BCUT2D eigenvalue weighted by molar-refractivity contribution is 0.199. The number of likely N-dealkylation sites (N-methyl/N-ethyl adjacent to an activating group) is 1. The monoisotopic (exact) mass is 261 g/mol. The molecule has 0 aliphatic rings. The van der Waals surface area contributed by atoms with Gasteiger partial charge in [0, 0.05) is 19.1 Å². The third-order valence-corrected chi connectivity index (χ3v) is 2.89. The van der Waals surface area contributed by atoms with Gasteiger partial charge in [-0.3, -0.25) is 0 Å². The smallest absolute Gasteiger partial charge is 0.258 e. The molecular weight excluding hydrogens is 242 g/mol. The van der Waals surface area contributed by atoms with Crippen molar-refractivity contribution in [3.8, 4) is 11.5 Å². The molecule has 19 heavy (non-hydrogen) atoms. The van der Waals surface area contributed by atoms with Crippen molar-refractivity contribution in [2.75, 3.05) is 27.3 Å². The number of methoxy groups -OCH3 is 1. The van der Waals surface area contributed by atoms with Gasteiger partial charge in [0.25, 0.3) is 5.89 Å². The summed E-state index contributed by atoms with van der Waals surface area (Å²) in [6, 6.07) is 8.11. The highest BCUT2D eigenvalue weighted by Gasteiger charge is 2.12. The molecule has 1 aromatic heterocycles. The molecule has 5 heteroatoms. The number of benzene rings is 1. The van der Waals surface area contributed by atoms with Crippen LogP contribution >= 0.6 is 0 Å². The van der Waals surface area contributed by atoms with Crippen molar-refractivity contribution in [2.24, 2.45) is 0 Å². The molecule has 0 atom stereocenters. The minimum absolute atomic E-state index is 0.581. The van der Waals surface area contributed by atoms with Gasteiger partial charge in [-0.05, 0) is 31.6 Å². The van der Waals surface area contributed by atoms with Crippen molar-refractivity contribution >= 4 is 0 Å². The Morgan fingerprint density at radius 2 is 2.11 bits per heavy atom. The number of nitrogens with zero attached hydrogens (tertiary/aromatic N) is 2. The fraction of sp³-hybridized carbons (Fsp3) is 0.429. The number of rotatable bonds is 7. The standard InChI is InChI=1S/C14H19N3O2/c1-15-9-7-11-5-3-4-6-12(11)14-16-13(17-19-14)8-10-18-2/h3-6,15H,7-10H2,1-2H3. The third kappa shape index (κ3) is 3.62. The van der Waals surface area contributed by atoms with Crippen molar-refractivity contribution < 1.29 is 9.26 Å². The molecule has 102 valence electrons. The molecule has 0 saturated carbocycles. The number of hydrogen-bond acceptors (Lipinski definition) is 5. The molecule has 0 spiro atoms. The van der Waals surface area contributed by atoms with Crippen molar-refractivity contribution in [1.29, 1.82) is 0 Å². The van der Waals surface area contributed by atoms with Crippen LogP contribution in [0.5, 0.6) is 0 Å². The molecule has 0 unspecified atom stereocenters. The van der Waals surface area contributed by atoms with Crippen molar-refractivity contribution in [2.45, 2.75) is 12.8 Å². The molecule has 2 aromatic rings. The first-order valence-electron chi connectivity index (χ1n) is 6.39. The van der Waals surface area contributed by atoms with E-state index in [1.807, 2.05) is 25.2 Å². The van der Waals surface area contributed by atoms with Gasteiger partial charge in [0.05, 0.1) is 6.61 Å². The van der Waals surface area contributed by atoms with Crippen LogP contribution in [0.3, 0.4) is 0 Å². The van der Waals surface area contributed by atoms with Crippen LogP contribution in [0.2, 0.25) is 0 Å². The summed E-state index contributed by atoms with van der Waals surface area (Å²) in [5.74, 6) is 1.26. The average molecular weight is 261 g/mol. The maximum absolute atomic E-state index is 5.33. The molecule has 5 nitrogen and oxygen atoms in total. The maximum atomic E-state index is 5.33. The Balaban J connectivity index is 2.18. The molecule has 0 fully saturated rings. The van der Waals surface area contributed by atoms with Gasteiger partial charge in [-0.2, -0.15) is 4.98 Å². The molecule has 2 rings (SSSR count). The summed E-state index contributed by atoms with van der Waals surface area (Å²) in [7, 11) is 3.60. The molecule has 0 bridgehead atoms. The van der Waals surface area contributed by atoms with Gasteiger partial charge < -0.3 is 14.6 Å². The second-order valence-corrected chi connectivity index (χ2v) is 4.27.